The molecule has 1 amide bonds. The summed E-state index contributed by atoms with van der Waals surface area (Å²) in [5, 5.41) is 2.77. The predicted molar refractivity (Wildman–Crippen MR) is 119 cm³/mol. The molecular formula is C24H25N3O4. The van der Waals surface area contributed by atoms with Gasteiger partial charge in [0.15, 0.2) is 0 Å². The summed E-state index contributed by atoms with van der Waals surface area (Å²) < 4.78 is 6.08. The van der Waals surface area contributed by atoms with Gasteiger partial charge in [-0.3, -0.25) is 19.4 Å². The van der Waals surface area contributed by atoms with Crippen molar-refractivity contribution in [2.45, 2.75) is 33.2 Å². The van der Waals surface area contributed by atoms with E-state index in [4.69, 9.17) is 4.74 Å². The van der Waals surface area contributed by atoms with Gasteiger partial charge in [-0.05, 0) is 48.2 Å². The van der Waals surface area contributed by atoms with E-state index >= 15 is 0 Å². The third-order valence-corrected chi connectivity index (χ3v) is 4.73. The number of esters is 1. The number of hydrogen-bond donors (Lipinski definition) is 1. The Morgan fingerprint density at radius 2 is 1.90 bits per heavy atom. The van der Waals surface area contributed by atoms with Gasteiger partial charge >= 0.3 is 5.97 Å². The number of carbonyl (C=O) groups excluding carboxylic acids is 2. The molecule has 160 valence electrons. The minimum Gasteiger partial charge on any atom is -0.465 e. The van der Waals surface area contributed by atoms with Crippen LogP contribution in [0.25, 0.3) is 11.1 Å². The van der Waals surface area contributed by atoms with Crippen LogP contribution < -0.4 is 10.9 Å². The second-order valence-electron chi connectivity index (χ2n) is 7.39. The van der Waals surface area contributed by atoms with Crippen LogP contribution >= 0.6 is 0 Å². The van der Waals surface area contributed by atoms with Crippen molar-refractivity contribution in [3.8, 4) is 11.1 Å². The number of aromatic nitrogens is 2. The van der Waals surface area contributed by atoms with Gasteiger partial charge in [0.1, 0.15) is 6.54 Å². The first kappa shape index (κ1) is 22.0. The lowest BCUT2D eigenvalue weighted by molar-refractivity contribution is -0.143. The maximum absolute atomic E-state index is 12.8. The Labute approximate surface area is 180 Å². The van der Waals surface area contributed by atoms with Crippen LogP contribution in [0.5, 0.6) is 0 Å². The Hall–Kier alpha value is -3.74. The first-order chi connectivity index (χ1) is 14.9. The lowest BCUT2D eigenvalue weighted by Gasteiger charge is -2.11. The first-order valence-corrected chi connectivity index (χ1v) is 10.1. The van der Waals surface area contributed by atoms with Gasteiger partial charge in [-0.25, -0.2) is 0 Å². The number of hydrogen-bond acceptors (Lipinski definition) is 5. The summed E-state index contributed by atoms with van der Waals surface area (Å²) in [6.07, 6.45) is 5.04. The van der Waals surface area contributed by atoms with Crippen molar-refractivity contribution < 1.29 is 14.3 Å². The molecule has 31 heavy (non-hydrogen) atoms. The molecule has 0 unspecified atom stereocenters. The molecule has 7 heteroatoms. The molecule has 0 saturated heterocycles. The van der Waals surface area contributed by atoms with Gasteiger partial charge in [0.25, 0.3) is 11.5 Å². The molecule has 0 aliphatic carbocycles. The Balaban J connectivity index is 1.80. The van der Waals surface area contributed by atoms with Gasteiger partial charge in [-0.15, -0.1) is 0 Å². The van der Waals surface area contributed by atoms with Gasteiger partial charge in [-0.2, -0.15) is 0 Å². The Kier molecular flexibility index (Phi) is 6.97. The number of nitrogens with zero attached hydrogens (tertiary/aromatic N) is 2. The van der Waals surface area contributed by atoms with Crippen molar-refractivity contribution in [2.24, 2.45) is 0 Å². The molecule has 0 aliphatic rings. The lowest BCUT2D eigenvalue weighted by Crippen LogP contribution is -2.25. The van der Waals surface area contributed by atoms with E-state index in [-0.39, 0.29) is 24.6 Å². The molecule has 0 saturated carbocycles. The molecule has 2 aromatic heterocycles. The number of carbonyl (C=O) groups is 2. The summed E-state index contributed by atoms with van der Waals surface area (Å²) in [6.45, 7) is 5.92. The maximum Gasteiger partial charge on any atom is 0.326 e. The normalized spacial score (nSPS) is 10.7. The van der Waals surface area contributed by atoms with Crippen LogP contribution in [0.4, 0.5) is 5.69 Å². The quantitative estimate of drug-likeness (QED) is 0.588. The molecule has 1 N–H and O–H groups in total. The van der Waals surface area contributed by atoms with E-state index in [1.165, 1.54) is 22.9 Å². The van der Waals surface area contributed by atoms with Crippen LogP contribution in [0, 0.1) is 0 Å². The summed E-state index contributed by atoms with van der Waals surface area (Å²) in [5.41, 5.74) is 3.46. The van der Waals surface area contributed by atoms with Crippen LogP contribution in [0.2, 0.25) is 0 Å². The largest absolute Gasteiger partial charge is 0.465 e. The van der Waals surface area contributed by atoms with E-state index in [1.807, 2.05) is 18.3 Å². The topological polar surface area (TPSA) is 90.3 Å². The summed E-state index contributed by atoms with van der Waals surface area (Å²) >= 11 is 0. The number of nitrogens with one attached hydrogen (secondary N) is 1. The van der Waals surface area contributed by atoms with Crippen LogP contribution in [-0.4, -0.2) is 28.0 Å². The van der Waals surface area contributed by atoms with E-state index in [0.29, 0.717) is 17.2 Å². The van der Waals surface area contributed by atoms with Gasteiger partial charge < -0.3 is 14.6 Å². The fourth-order valence-electron chi connectivity index (χ4n) is 3.05. The molecule has 3 aromatic rings. The molecule has 2 heterocycles. The van der Waals surface area contributed by atoms with Gasteiger partial charge in [-0.1, -0.05) is 26.0 Å². The average molecular weight is 419 g/mol. The van der Waals surface area contributed by atoms with Crippen molar-refractivity contribution in [1.29, 1.82) is 0 Å². The van der Waals surface area contributed by atoms with E-state index in [1.54, 1.807) is 25.3 Å². The monoisotopic (exact) mass is 419 g/mol. The van der Waals surface area contributed by atoms with Crippen molar-refractivity contribution in [3.05, 3.63) is 82.5 Å². The minimum atomic E-state index is -0.516. The fourth-order valence-corrected chi connectivity index (χ4v) is 3.05. The third-order valence-electron chi connectivity index (χ3n) is 4.73. The van der Waals surface area contributed by atoms with Crippen molar-refractivity contribution in [1.82, 2.24) is 9.55 Å². The highest BCUT2D eigenvalue weighted by molar-refractivity contribution is 6.04. The minimum absolute atomic E-state index is 0.217. The first-order valence-electron chi connectivity index (χ1n) is 10.1. The number of anilines is 1. The number of ether oxygens (including phenoxy) is 1. The fraction of sp³-hybridized carbons (Fsp3) is 0.250. The summed E-state index contributed by atoms with van der Waals surface area (Å²) in [5.74, 6) is -0.488. The zero-order valence-electron chi connectivity index (χ0n) is 17.8. The average Bonchev–Trinajstić information content (AvgIpc) is 2.76. The van der Waals surface area contributed by atoms with Gasteiger partial charge in [0.2, 0.25) is 0 Å². The summed E-state index contributed by atoms with van der Waals surface area (Å²) in [7, 11) is 0. The number of amides is 1. The van der Waals surface area contributed by atoms with Crippen LogP contribution in [0.1, 0.15) is 42.6 Å². The standard InChI is InChI=1S/C24H25N3O4/c1-4-31-23(29)15-27-14-21(8-9-22(27)28)26-24(30)18-7-5-6-17(10-18)20-11-19(16(2)3)12-25-13-20/h5-14,16H,4,15H2,1-3H3,(H,26,30). The van der Waals surface area contributed by atoms with Crippen molar-refractivity contribution >= 4 is 17.6 Å². The molecule has 0 fully saturated rings. The molecule has 3 rings (SSSR count). The zero-order valence-corrected chi connectivity index (χ0v) is 17.8. The van der Waals surface area contributed by atoms with Crippen LogP contribution in [-0.2, 0) is 16.1 Å². The molecule has 0 aliphatic heterocycles. The Bertz CT molecular complexity index is 1150. The smallest absolute Gasteiger partial charge is 0.326 e. The zero-order chi connectivity index (χ0) is 22.4. The summed E-state index contributed by atoms with van der Waals surface area (Å²) in [6, 6.07) is 12.1. The highest BCUT2D eigenvalue weighted by Crippen LogP contribution is 2.24. The molecule has 0 atom stereocenters. The Morgan fingerprint density at radius 3 is 2.65 bits per heavy atom. The highest BCUT2D eigenvalue weighted by Gasteiger charge is 2.11. The number of pyridine rings is 2. The lowest BCUT2D eigenvalue weighted by atomic mass is 9.99. The van der Waals surface area contributed by atoms with Gasteiger partial charge in [0.05, 0.1) is 12.3 Å². The summed E-state index contributed by atoms with van der Waals surface area (Å²) in [4.78, 5) is 40.8. The maximum atomic E-state index is 12.8. The van der Waals surface area contributed by atoms with E-state index in [0.717, 1.165) is 16.7 Å². The highest BCUT2D eigenvalue weighted by atomic mass is 16.5. The van der Waals surface area contributed by atoms with Crippen LogP contribution in [0.3, 0.4) is 0 Å². The SMILES string of the molecule is CCOC(=O)Cn1cc(NC(=O)c2cccc(-c3cncc(C(C)C)c3)c2)ccc1=O. The van der Waals surface area contributed by atoms with E-state index in [2.05, 4.69) is 30.2 Å². The van der Waals surface area contributed by atoms with Crippen molar-refractivity contribution in [3.63, 3.8) is 0 Å². The van der Waals surface area contributed by atoms with Gasteiger partial charge in [0, 0.05) is 35.8 Å². The molecule has 7 nitrogen and oxygen atoms in total. The number of rotatable bonds is 7. The Morgan fingerprint density at radius 1 is 1.10 bits per heavy atom. The van der Waals surface area contributed by atoms with E-state index < -0.39 is 5.97 Å². The van der Waals surface area contributed by atoms with Crippen molar-refractivity contribution in [2.75, 3.05) is 11.9 Å². The predicted octanol–water partition coefficient (Wildman–Crippen LogP) is 3.85. The third kappa shape index (κ3) is 5.66. The molecular weight excluding hydrogens is 394 g/mol. The number of benzene rings is 1. The molecule has 1 aromatic carbocycles. The van der Waals surface area contributed by atoms with E-state index in [9.17, 15) is 14.4 Å². The van der Waals surface area contributed by atoms with Crippen LogP contribution in [0.15, 0.2) is 65.8 Å². The second-order valence-corrected chi connectivity index (χ2v) is 7.39. The molecule has 0 radical (unpaired) electrons. The second kappa shape index (κ2) is 9.84. The molecule has 0 bridgehead atoms. The molecule has 0 spiro atoms.